The Morgan fingerprint density at radius 1 is 1.10 bits per heavy atom. The maximum Gasteiger partial charge on any atom is 0.323 e. The molecule has 0 saturated carbocycles. The summed E-state index contributed by atoms with van der Waals surface area (Å²) in [5, 5.41) is 6.89. The average molecular weight is 530 g/mol. The van der Waals surface area contributed by atoms with Crippen LogP contribution in [-0.2, 0) is 16.1 Å². The lowest BCUT2D eigenvalue weighted by atomic mass is 9.93. The van der Waals surface area contributed by atoms with E-state index in [2.05, 4.69) is 15.6 Å². The third-order valence-corrected chi connectivity index (χ3v) is 6.63. The molecule has 0 radical (unpaired) electrons. The van der Waals surface area contributed by atoms with Crippen LogP contribution in [0.3, 0.4) is 0 Å². The molecule has 0 aliphatic carbocycles. The fourth-order valence-corrected chi connectivity index (χ4v) is 4.38. The molecule has 39 heavy (non-hydrogen) atoms. The van der Waals surface area contributed by atoms with Crippen molar-refractivity contribution < 1.29 is 23.8 Å². The van der Waals surface area contributed by atoms with E-state index in [-0.39, 0.29) is 12.5 Å². The molecule has 10 heteroatoms. The Hall–Kier alpha value is -4.25. The molecule has 1 aliphatic heterocycles. The van der Waals surface area contributed by atoms with Crippen molar-refractivity contribution >= 4 is 28.7 Å². The van der Waals surface area contributed by atoms with Crippen molar-refractivity contribution in [3.8, 4) is 11.5 Å². The normalized spacial score (nSPS) is 13.3. The van der Waals surface area contributed by atoms with E-state index >= 15 is 0 Å². The highest BCUT2D eigenvalue weighted by Crippen LogP contribution is 2.32. The number of hydrogen-bond acceptors (Lipinski definition) is 7. The fourth-order valence-electron chi connectivity index (χ4n) is 4.38. The minimum atomic E-state index is -0.574. The quantitative estimate of drug-likeness (QED) is 0.248. The number of amides is 2. The number of carbonyl (C=O) groups excluding carboxylic acids is 2. The number of aromatic nitrogens is 2. The molecule has 0 bridgehead atoms. The van der Waals surface area contributed by atoms with Crippen molar-refractivity contribution in [3.05, 3.63) is 83.7 Å². The first kappa shape index (κ1) is 26.4. The van der Waals surface area contributed by atoms with Gasteiger partial charge in [0.15, 0.2) is 0 Å². The standard InChI is InChI=1S/C29H31N5O5/c1-37-11-2-12-38-18-22-13-25-21(8-10-34(25)29(30)36)14-26(22)39-24-7-9-32-27(15-24)33-28(35)20-5-3-19(4-6-20)23-16-31-17-23/h3-10,13-15,23,31H,2,11-12,16-18H2,1H3,(H2,30,36)(H,32,33,35). The Kier molecular flexibility index (Phi) is 8.16. The van der Waals surface area contributed by atoms with Gasteiger partial charge in [0.1, 0.15) is 17.3 Å². The van der Waals surface area contributed by atoms with Crippen LogP contribution < -0.4 is 21.1 Å². The number of hydrogen-bond donors (Lipinski definition) is 3. The van der Waals surface area contributed by atoms with E-state index in [1.807, 2.05) is 36.4 Å². The van der Waals surface area contributed by atoms with Crippen molar-refractivity contribution in [3.63, 3.8) is 0 Å². The first-order valence-electron chi connectivity index (χ1n) is 12.8. The fraction of sp³-hybridized carbons (Fsp3) is 0.276. The van der Waals surface area contributed by atoms with Gasteiger partial charge in [0, 0.05) is 74.3 Å². The number of nitrogens with zero attached hydrogens (tertiary/aromatic N) is 2. The van der Waals surface area contributed by atoms with Crippen molar-refractivity contribution in [2.45, 2.75) is 18.9 Å². The summed E-state index contributed by atoms with van der Waals surface area (Å²) in [6, 6.07) is 15.9. The van der Waals surface area contributed by atoms with Gasteiger partial charge in [-0.25, -0.2) is 9.78 Å². The lowest BCUT2D eigenvalue weighted by molar-refractivity contribution is 0.0919. The molecule has 0 unspecified atom stereocenters. The van der Waals surface area contributed by atoms with E-state index in [1.54, 1.807) is 37.7 Å². The molecule has 2 amide bonds. The number of carbonyl (C=O) groups is 2. The Labute approximate surface area is 226 Å². The summed E-state index contributed by atoms with van der Waals surface area (Å²) in [5.74, 6) is 1.66. The highest BCUT2D eigenvalue weighted by Gasteiger charge is 2.19. The summed E-state index contributed by atoms with van der Waals surface area (Å²) < 4.78 is 18.5. The predicted octanol–water partition coefficient (Wildman–Crippen LogP) is 4.25. The summed E-state index contributed by atoms with van der Waals surface area (Å²) >= 11 is 0. The highest BCUT2D eigenvalue weighted by molar-refractivity contribution is 6.03. The third-order valence-electron chi connectivity index (χ3n) is 6.63. The molecule has 2 aromatic heterocycles. The minimum Gasteiger partial charge on any atom is -0.457 e. The second kappa shape index (κ2) is 12.1. The number of anilines is 1. The van der Waals surface area contributed by atoms with Gasteiger partial charge in [0.05, 0.1) is 12.1 Å². The average Bonchev–Trinajstić information content (AvgIpc) is 3.31. The molecule has 10 nitrogen and oxygen atoms in total. The van der Waals surface area contributed by atoms with Gasteiger partial charge in [-0.2, -0.15) is 0 Å². The van der Waals surface area contributed by atoms with Gasteiger partial charge in [-0.05, 0) is 48.4 Å². The van der Waals surface area contributed by atoms with Crippen LogP contribution in [0, 0.1) is 0 Å². The summed E-state index contributed by atoms with van der Waals surface area (Å²) in [7, 11) is 1.65. The number of methoxy groups -OCH3 is 1. The molecular formula is C29H31N5O5. The van der Waals surface area contributed by atoms with E-state index in [4.69, 9.17) is 19.9 Å². The van der Waals surface area contributed by atoms with Crippen molar-refractivity contribution in [1.29, 1.82) is 0 Å². The zero-order valence-corrected chi connectivity index (χ0v) is 21.7. The molecule has 2 aromatic carbocycles. The number of primary amides is 1. The molecule has 1 saturated heterocycles. The molecule has 1 fully saturated rings. The van der Waals surface area contributed by atoms with Crippen LogP contribution in [0.15, 0.2) is 67.0 Å². The number of nitrogens with two attached hydrogens (primary N) is 1. The highest BCUT2D eigenvalue weighted by atomic mass is 16.5. The first-order chi connectivity index (χ1) is 19.0. The Balaban J connectivity index is 1.32. The topological polar surface area (TPSA) is 130 Å². The number of pyridine rings is 1. The molecule has 3 heterocycles. The lowest BCUT2D eigenvalue weighted by Gasteiger charge is -2.27. The zero-order valence-electron chi connectivity index (χ0n) is 21.7. The van der Waals surface area contributed by atoms with Crippen molar-refractivity contribution in [1.82, 2.24) is 14.9 Å². The monoisotopic (exact) mass is 529 g/mol. The second-order valence-electron chi connectivity index (χ2n) is 9.35. The van der Waals surface area contributed by atoms with Gasteiger partial charge in [-0.15, -0.1) is 0 Å². The van der Waals surface area contributed by atoms with Crippen molar-refractivity contribution in [2.75, 3.05) is 38.7 Å². The predicted molar refractivity (Wildman–Crippen MR) is 147 cm³/mol. The largest absolute Gasteiger partial charge is 0.457 e. The van der Waals surface area contributed by atoms with Gasteiger partial charge >= 0.3 is 6.03 Å². The Morgan fingerprint density at radius 3 is 2.64 bits per heavy atom. The molecule has 4 N–H and O–H groups in total. The molecule has 0 atom stereocenters. The Morgan fingerprint density at radius 2 is 1.92 bits per heavy atom. The number of benzene rings is 2. The number of ether oxygens (including phenoxy) is 3. The van der Waals surface area contributed by atoms with Crippen LogP contribution in [0.5, 0.6) is 11.5 Å². The smallest absolute Gasteiger partial charge is 0.323 e. The SMILES string of the molecule is COCCCOCc1cc2c(ccn2C(N)=O)cc1Oc1ccnc(NC(=O)c2ccc(C3CNC3)cc2)c1. The molecule has 202 valence electrons. The summed E-state index contributed by atoms with van der Waals surface area (Å²) in [6.07, 6.45) is 3.94. The number of fused-ring (bicyclic) bond motifs is 1. The van der Waals surface area contributed by atoms with Gasteiger partial charge in [-0.1, -0.05) is 12.1 Å². The summed E-state index contributed by atoms with van der Waals surface area (Å²) in [5.41, 5.74) is 8.70. The second-order valence-corrected chi connectivity index (χ2v) is 9.35. The van der Waals surface area contributed by atoms with E-state index in [9.17, 15) is 9.59 Å². The number of rotatable bonds is 11. The molecular weight excluding hydrogens is 498 g/mol. The van der Waals surface area contributed by atoms with E-state index in [0.717, 1.165) is 30.5 Å². The first-order valence-corrected chi connectivity index (χ1v) is 12.8. The maximum absolute atomic E-state index is 12.8. The van der Waals surface area contributed by atoms with Crippen LogP contribution in [0.25, 0.3) is 10.9 Å². The minimum absolute atomic E-state index is 0.253. The van der Waals surface area contributed by atoms with Crippen LogP contribution in [0.2, 0.25) is 0 Å². The summed E-state index contributed by atoms with van der Waals surface area (Å²) in [6.45, 7) is 3.30. The molecule has 5 rings (SSSR count). The van der Waals surface area contributed by atoms with E-state index in [0.29, 0.717) is 47.5 Å². The van der Waals surface area contributed by atoms with Gasteiger partial charge in [0.2, 0.25) is 0 Å². The zero-order chi connectivity index (χ0) is 27.2. The van der Waals surface area contributed by atoms with Gasteiger partial charge in [-0.3, -0.25) is 9.36 Å². The third kappa shape index (κ3) is 6.26. The molecule has 4 aromatic rings. The number of nitrogens with one attached hydrogen (secondary N) is 2. The van der Waals surface area contributed by atoms with Crippen LogP contribution in [0.4, 0.5) is 10.6 Å². The van der Waals surface area contributed by atoms with Crippen LogP contribution >= 0.6 is 0 Å². The molecule has 1 aliphatic rings. The van der Waals surface area contributed by atoms with Gasteiger partial charge < -0.3 is 30.6 Å². The van der Waals surface area contributed by atoms with Crippen LogP contribution in [-0.4, -0.2) is 54.9 Å². The van der Waals surface area contributed by atoms with Crippen molar-refractivity contribution in [2.24, 2.45) is 5.73 Å². The summed E-state index contributed by atoms with van der Waals surface area (Å²) in [4.78, 5) is 29.0. The Bertz CT molecular complexity index is 1460. The maximum atomic E-state index is 12.8. The molecule has 0 spiro atoms. The van der Waals surface area contributed by atoms with E-state index < -0.39 is 6.03 Å². The van der Waals surface area contributed by atoms with E-state index in [1.165, 1.54) is 10.1 Å². The lowest BCUT2D eigenvalue weighted by Crippen LogP contribution is -2.39. The van der Waals surface area contributed by atoms with Crippen LogP contribution in [0.1, 0.15) is 33.8 Å². The van der Waals surface area contributed by atoms with Gasteiger partial charge in [0.25, 0.3) is 5.91 Å².